The van der Waals surface area contributed by atoms with Crippen molar-refractivity contribution < 1.29 is 0 Å². The van der Waals surface area contributed by atoms with Gasteiger partial charge in [0.25, 0.3) is 0 Å². The topological polar surface area (TPSA) is 3.24 Å². The van der Waals surface area contributed by atoms with E-state index in [1.54, 1.807) is 0 Å². The van der Waals surface area contributed by atoms with Crippen LogP contribution in [-0.2, 0) is 5.41 Å². The maximum atomic E-state index is 2.55. The summed E-state index contributed by atoms with van der Waals surface area (Å²) in [6.07, 6.45) is 13.3. The second-order valence-corrected chi connectivity index (χ2v) is 19.6. The molecule has 0 unspecified atom stereocenters. The highest BCUT2D eigenvalue weighted by molar-refractivity contribution is 5.97. The highest BCUT2D eigenvalue weighted by Gasteiger charge is 2.47. The molecule has 0 bridgehead atoms. The molecule has 0 radical (unpaired) electrons. The van der Waals surface area contributed by atoms with Crippen molar-refractivity contribution >= 4 is 17.1 Å². The minimum Gasteiger partial charge on any atom is -0.310 e. The van der Waals surface area contributed by atoms with Crippen molar-refractivity contribution in [2.45, 2.75) is 81.5 Å². The van der Waals surface area contributed by atoms with Crippen LogP contribution >= 0.6 is 0 Å². The van der Waals surface area contributed by atoms with Crippen molar-refractivity contribution in [3.8, 4) is 44.5 Å². The third kappa shape index (κ3) is 7.59. The zero-order valence-corrected chi connectivity index (χ0v) is 39.0. The predicted octanol–water partition coefficient (Wildman–Crippen LogP) is 18.6. The van der Waals surface area contributed by atoms with Crippen LogP contribution in [0.3, 0.4) is 0 Å². The van der Waals surface area contributed by atoms with Crippen LogP contribution in [0.5, 0.6) is 0 Å². The number of benzene rings is 9. The third-order valence-electron chi connectivity index (χ3n) is 15.8. The van der Waals surface area contributed by atoms with Crippen molar-refractivity contribution in [1.82, 2.24) is 0 Å². The van der Waals surface area contributed by atoms with Crippen LogP contribution in [0.1, 0.15) is 109 Å². The molecule has 0 spiro atoms. The van der Waals surface area contributed by atoms with Gasteiger partial charge in [-0.2, -0.15) is 0 Å². The van der Waals surface area contributed by atoms with Gasteiger partial charge < -0.3 is 4.90 Å². The fourth-order valence-corrected chi connectivity index (χ4v) is 12.4. The number of anilines is 3. The van der Waals surface area contributed by atoms with E-state index in [1.165, 1.54) is 142 Å². The number of rotatable bonds is 10. The molecular formula is C67H59N. The molecule has 9 aromatic rings. The first-order valence-corrected chi connectivity index (χ1v) is 25.4. The highest BCUT2D eigenvalue weighted by Crippen LogP contribution is 2.59. The Morgan fingerprint density at radius 1 is 0.309 bits per heavy atom. The second kappa shape index (κ2) is 18.5. The van der Waals surface area contributed by atoms with E-state index in [9.17, 15) is 0 Å². The van der Waals surface area contributed by atoms with Gasteiger partial charge in [-0.05, 0) is 146 Å². The first kappa shape index (κ1) is 42.2. The molecule has 1 nitrogen and oxygen atoms in total. The lowest BCUT2D eigenvalue weighted by atomic mass is 9.67. The van der Waals surface area contributed by atoms with Gasteiger partial charge in [-0.15, -0.1) is 0 Å². The Balaban J connectivity index is 1.04. The highest BCUT2D eigenvalue weighted by atomic mass is 15.1. The largest absolute Gasteiger partial charge is 0.310 e. The molecule has 3 aliphatic rings. The first-order chi connectivity index (χ1) is 33.7. The number of hydrogen-bond acceptors (Lipinski definition) is 1. The minimum atomic E-state index is -0.531. The first-order valence-electron chi connectivity index (χ1n) is 25.4. The molecule has 0 heterocycles. The Morgan fingerprint density at radius 2 is 0.721 bits per heavy atom. The lowest BCUT2D eigenvalue weighted by Crippen LogP contribution is -2.28. The fourth-order valence-electron chi connectivity index (χ4n) is 12.4. The summed E-state index contributed by atoms with van der Waals surface area (Å²) in [7, 11) is 0. The molecule has 0 N–H and O–H groups in total. The Labute approximate surface area is 403 Å². The standard InChI is InChI=1S/C67H59N/c1-6-20-48(21-7-1)50-34-36-53(37-35-50)59-30-16-17-31-60(59)54-40-44-58(45-41-54)68(57-42-38-51(39-43-57)49-22-8-2-9-23-49)66-47-65-63(46-62(66)52-24-10-3-11-25-52)61-32-18-19-33-64(61)67(65,55-26-12-4-13-27-55)56-28-14-5-15-29-56/h3-5,10-19,24-49H,1-2,6-9,20-23H2. The Hall–Kier alpha value is -7.22. The molecule has 0 aromatic heterocycles. The van der Waals surface area contributed by atoms with Crippen molar-refractivity contribution in [2.75, 3.05) is 4.90 Å². The van der Waals surface area contributed by atoms with Gasteiger partial charge >= 0.3 is 0 Å². The number of fused-ring (bicyclic) bond motifs is 3. The molecule has 3 aliphatic carbocycles. The quantitative estimate of drug-likeness (QED) is 0.132. The summed E-state index contributed by atoms with van der Waals surface area (Å²) in [5.41, 5.74) is 21.0. The summed E-state index contributed by atoms with van der Waals surface area (Å²) in [5.74, 6) is 1.33. The average molecular weight is 878 g/mol. The Kier molecular flexibility index (Phi) is 11.4. The van der Waals surface area contributed by atoms with E-state index < -0.39 is 5.41 Å². The lowest BCUT2D eigenvalue weighted by Gasteiger charge is -2.35. The van der Waals surface area contributed by atoms with Gasteiger partial charge in [-0.3, -0.25) is 0 Å². The number of nitrogens with zero attached hydrogens (tertiary/aromatic N) is 1. The number of hydrogen-bond donors (Lipinski definition) is 0. The van der Waals surface area contributed by atoms with Crippen LogP contribution in [0.15, 0.2) is 224 Å². The van der Waals surface area contributed by atoms with E-state index in [0.717, 1.165) is 17.1 Å². The Bertz CT molecular complexity index is 3100. The van der Waals surface area contributed by atoms with Crippen LogP contribution < -0.4 is 4.90 Å². The molecule has 0 aliphatic heterocycles. The summed E-state index contributed by atoms with van der Waals surface area (Å²) in [6, 6.07) is 85.1. The molecule has 2 saturated carbocycles. The zero-order valence-electron chi connectivity index (χ0n) is 39.0. The van der Waals surface area contributed by atoms with Crippen molar-refractivity contribution in [3.05, 3.63) is 258 Å². The summed E-state index contributed by atoms with van der Waals surface area (Å²) < 4.78 is 0. The summed E-state index contributed by atoms with van der Waals surface area (Å²) in [5, 5.41) is 0. The zero-order chi connectivity index (χ0) is 45.3. The van der Waals surface area contributed by atoms with Crippen molar-refractivity contribution in [1.29, 1.82) is 0 Å². The van der Waals surface area contributed by atoms with Gasteiger partial charge in [-0.25, -0.2) is 0 Å². The normalized spacial score (nSPS) is 15.6. The van der Waals surface area contributed by atoms with E-state index in [0.29, 0.717) is 11.8 Å². The summed E-state index contributed by atoms with van der Waals surface area (Å²) in [4.78, 5) is 2.54. The van der Waals surface area contributed by atoms with E-state index >= 15 is 0 Å². The molecule has 1 heteroatoms. The van der Waals surface area contributed by atoms with E-state index in [4.69, 9.17) is 0 Å². The summed E-state index contributed by atoms with van der Waals surface area (Å²) in [6.45, 7) is 0. The summed E-state index contributed by atoms with van der Waals surface area (Å²) >= 11 is 0. The van der Waals surface area contributed by atoms with Crippen LogP contribution in [0.25, 0.3) is 44.5 Å². The van der Waals surface area contributed by atoms with Gasteiger partial charge in [-0.1, -0.05) is 227 Å². The molecule has 12 rings (SSSR count). The molecule has 332 valence electrons. The second-order valence-electron chi connectivity index (χ2n) is 19.6. The van der Waals surface area contributed by atoms with Crippen molar-refractivity contribution in [3.63, 3.8) is 0 Å². The molecule has 9 aromatic carbocycles. The molecule has 0 atom stereocenters. The average Bonchev–Trinajstić information content (AvgIpc) is 3.72. The van der Waals surface area contributed by atoms with Gasteiger partial charge in [0.05, 0.1) is 11.1 Å². The SMILES string of the molecule is c1ccc(-c2cc3c(cc2N(c2ccc(-c4ccccc4-c4ccc(C5CCCCC5)cc4)cc2)c2ccc(C4CCCCC4)cc2)C(c2ccccc2)(c2ccccc2)c2ccccc2-3)cc1. The molecule has 0 amide bonds. The van der Waals surface area contributed by atoms with E-state index in [1.807, 2.05) is 0 Å². The van der Waals surface area contributed by atoms with E-state index in [-0.39, 0.29) is 0 Å². The Morgan fingerprint density at radius 3 is 1.25 bits per heavy atom. The molecule has 0 saturated heterocycles. The van der Waals surface area contributed by atoms with Crippen LogP contribution in [-0.4, -0.2) is 0 Å². The van der Waals surface area contributed by atoms with Gasteiger partial charge in [0, 0.05) is 16.9 Å². The maximum Gasteiger partial charge on any atom is 0.0714 e. The minimum absolute atomic E-state index is 0.531. The van der Waals surface area contributed by atoms with Gasteiger partial charge in [0.2, 0.25) is 0 Å². The maximum absolute atomic E-state index is 2.55. The smallest absolute Gasteiger partial charge is 0.0714 e. The fraction of sp³-hybridized carbons (Fsp3) is 0.194. The van der Waals surface area contributed by atoms with Crippen LogP contribution in [0.2, 0.25) is 0 Å². The third-order valence-corrected chi connectivity index (χ3v) is 15.8. The lowest BCUT2D eigenvalue weighted by molar-refractivity contribution is 0.443. The van der Waals surface area contributed by atoms with E-state index in [2.05, 4.69) is 229 Å². The van der Waals surface area contributed by atoms with Crippen molar-refractivity contribution in [2.24, 2.45) is 0 Å². The molecule has 68 heavy (non-hydrogen) atoms. The van der Waals surface area contributed by atoms with Crippen LogP contribution in [0, 0.1) is 0 Å². The molecular weight excluding hydrogens is 819 g/mol. The predicted molar refractivity (Wildman–Crippen MR) is 286 cm³/mol. The van der Waals surface area contributed by atoms with Crippen LogP contribution in [0.4, 0.5) is 17.1 Å². The van der Waals surface area contributed by atoms with Gasteiger partial charge in [0.1, 0.15) is 0 Å². The van der Waals surface area contributed by atoms with Gasteiger partial charge in [0.15, 0.2) is 0 Å². The monoisotopic (exact) mass is 877 g/mol. The molecule has 2 fully saturated rings.